The summed E-state index contributed by atoms with van der Waals surface area (Å²) in [4.78, 5) is 2.43. The monoisotopic (exact) mass is 220 g/mol. The minimum absolute atomic E-state index is 1.03. The van der Waals surface area contributed by atoms with Crippen molar-refractivity contribution in [3.63, 3.8) is 0 Å². The molecule has 16 heavy (non-hydrogen) atoms. The summed E-state index contributed by atoms with van der Waals surface area (Å²) in [6.07, 6.45) is 1.09. The number of para-hydroxylation sites is 1. The van der Waals surface area contributed by atoms with Crippen LogP contribution in [0.3, 0.4) is 0 Å². The van der Waals surface area contributed by atoms with Crippen molar-refractivity contribution in [1.29, 1.82) is 0 Å². The van der Waals surface area contributed by atoms with Gasteiger partial charge in [0, 0.05) is 18.8 Å². The highest BCUT2D eigenvalue weighted by molar-refractivity contribution is 5.50. The smallest absolute Gasteiger partial charge is 0.0373 e. The van der Waals surface area contributed by atoms with Crippen LogP contribution in [-0.4, -0.2) is 31.1 Å². The first-order valence-electron chi connectivity index (χ1n) is 6.35. The van der Waals surface area contributed by atoms with Gasteiger partial charge in [-0.15, -0.1) is 0 Å². The van der Waals surface area contributed by atoms with E-state index in [1.807, 2.05) is 0 Å². The molecule has 0 atom stereocenters. The van der Waals surface area contributed by atoms with Gasteiger partial charge in [-0.3, -0.25) is 0 Å². The highest BCUT2D eigenvalue weighted by Gasteiger charge is 2.00. The fourth-order valence-corrected chi connectivity index (χ4v) is 1.89. The zero-order valence-electron chi connectivity index (χ0n) is 10.8. The van der Waals surface area contributed by atoms with Gasteiger partial charge in [0.1, 0.15) is 0 Å². The lowest BCUT2D eigenvalue weighted by molar-refractivity contribution is 0.316. The van der Waals surface area contributed by atoms with E-state index < -0.39 is 0 Å². The molecule has 0 fully saturated rings. The van der Waals surface area contributed by atoms with Gasteiger partial charge in [-0.1, -0.05) is 39.0 Å². The van der Waals surface area contributed by atoms with Crippen molar-refractivity contribution < 1.29 is 0 Å². The molecule has 0 radical (unpaired) electrons. The molecular formula is C14H24N2. The van der Waals surface area contributed by atoms with Crippen molar-refractivity contribution in [2.75, 3.05) is 31.5 Å². The summed E-state index contributed by atoms with van der Waals surface area (Å²) >= 11 is 0. The summed E-state index contributed by atoms with van der Waals surface area (Å²) in [5.41, 5.74) is 2.69. The molecule has 0 aliphatic rings. The summed E-state index contributed by atoms with van der Waals surface area (Å²) in [5.74, 6) is 0. The largest absolute Gasteiger partial charge is 0.384 e. The second-order valence-electron chi connectivity index (χ2n) is 3.96. The van der Waals surface area contributed by atoms with Crippen LogP contribution in [0.4, 0.5) is 5.69 Å². The summed E-state index contributed by atoms with van der Waals surface area (Å²) in [6.45, 7) is 11.0. The molecule has 0 aromatic heterocycles. The van der Waals surface area contributed by atoms with Crippen molar-refractivity contribution in [3.8, 4) is 0 Å². The molecule has 0 heterocycles. The Bertz CT molecular complexity index is 293. The molecule has 0 aliphatic heterocycles. The topological polar surface area (TPSA) is 15.3 Å². The van der Waals surface area contributed by atoms with Gasteiger partial charge < -0.3 is 10.2 Å². The van der Waals surface area contributed by atoms with E-state index in [0.717, 1.165) is 32.6 Å². The van der Waals surface area contributed by atoms with Crippen LogP contribution in [0.25, 0.3) is 0 Å². The third-order valence-corrected chi connectivity index (χ3v) is 3.04. The molecule has 1 N–H and O–H groups in total. The quantitative estimate of drug-likeness (QED) is 0.760. The van der Waals surface area contributed by atoms with Crippen LogP contribution < -0.4 is 5.32 Å². The number of nitrogens with zero attached hydrogens (tertiary/aromatic N) is 1. The molecule has 0 amide bonds. The molecule has 0 unspecified atom stereocenters. The average Bonchev–Trinajstić information content (AvgIpc) is 2.35. The summed E-state index contributed by atoms with van der Waals surface area (Å²) in [7, 11) is 0. The maximum Gasteiger partial charge on any atom is 0.0373 e. The van der Waals surface area contributed by atoms with Crippen molar-refractivity contribution in [1.82, 2.24) is 4.90 Å². The van der Waals surface area contributed by atoms with Gasteiger partial charge in [-0.05, 0) is 31.1 Å². The molecule has 90 valence electrons. The zero-order chi connectivity index (χ0) is 11.8. The molecule has 2 nitrogen and oxygen atoms in total. The first-order chi connectivity index (χ1) is 7.81. The van der Waals surface area contributed by atoms with Crippen molar-refractivity contribution in [3.05, 3.63) is 29.8 Å². The van der Waals surface area contributed by atoms with Gasteiger partial charge in [-0.25, -0.2) is 0 Å². The summed E-state index contributed by atoms with van der Waals surface area (Å²) in [6, 6.07) is 8.56. The Morgan fingerprint density at radius 1 is 1.06 bits per heavy atom. The first-order valence-corrected chi connectivity index (χ1v) is 6.35. The molecule has 0 saturated carbocycles. The maximum atomic E-state index is 3.52. The number of anilines is 1. The Hall–Kier alpha value is -1.02. The number of nitrogens with one attached hydrogen (secondary N) is 1. The lowest BCUT2D eigenvalue weighted by Crippen LogP contribution is -2.28. The van der Waals surface area contributed by atoms with Gasteiger partial charge in [0.25, 0.3) is 0 Å². The van der Waals surface area contributed by atoms with E-state index in [9.17, 15) is 0 Å². The summed E-state index contributed by atoms with van der Waals surface area (Å²) in [5, 5.41) is 3.52. The predicted octanol–water partition coefficient (Wildman–Crippen LogP) is 3.00. The lowest BCUT2D eigenvalue weighted by Gasteiger charge is -2.19. The molecule has 0 bridgehead atoms. The highest BCUT2D eigenvalue weighted by Crippen LogP contribution is 2.14. The van der Waals surface area contributed by atoms with E-state index in [4.69, 9.17) is 0 Å². The Kier molecular flexibility index (Phi) is 5.94. The maximum absolute atomic E-state index is 3.52. The molecule has 0 saturated heterocycles. The van der Waals surface area contributed by atoms with Crippen LogP contribution in [0.1, 0.15) is 26.3 Å². The number of aryl methyl sites for hydroxylation is 1. The van der Waals surface area contributed by atoms with Crippen LogP contribution in [0.2, 0.25) is 0 Å². The molecule has 1 aromatic carbocycles. The highest BCUT2D eigenvalue weighted by atomic mass is 15.1. The Morgan fingerprint density at radius 2 is 1.75 bits per heavy atom. The standard InChI is InChI=1S/C14H24N2/c1-4-13-9-7-8-10-14(13)15-11-12-16(5-2)6-3/h7-10,15H,4-6,11-12H2,1-3H3. The number of likely N-dealkylation sites (N-methyl/N-ethyl adjacent to an activating group) is 1. The Morgan fingerprint density at radius 3 is 2.38 bits per heavy atom. The second-order valence-corrected chi connectivity index (χ2v) is 3.96. The van der Waals surface area contributed by atoms with Crippen LogP contribution in [-0.2, 0) is 6.42 Å². The van der Waals surface area contributed by atoms with Crippen LogP contribution >= 0.6 is 0 Å². The third kappa shape index (κ3) is 3.86. The predicted molar refractivity (Wildman–Crippen MR) is 72.1 cm³/mol. The minimum Gasteiger partial charge on any atom is -0.384 e. The van der Waals surface area contributed by atoms with Crippen LogP contribution in [0.5, 0.6) is 0 Å². The molecule has 2 heteroatoms. The zero-order valence-corrected chi connectivity index (χ0v) is 10.8. The SMILES string of the molecule is CCc1ccccc1NCCN(CC)CC. The number of hydrogen-bond donors (Lipinski definition) is 1. The van der Waals surface area contributed by atoms with Gasteiger partial charge in [0.15, 0.2) is 0 Å². The minimum atomic E-state index is 1.03. The molecule has 1 aromatic rings. The fourth-order valence-electron chi connectivity index (χ4n) is 1.89. The number of hydrogen-bond acceptors (Lipinski definition) is 2. The molecule has 0 aliphatic carbocycles. The van der Waals surface area contributed by atoms with E-state index in [-0.39, 0.29) is 0 Å². The van der Waals surface area contributed by atoms with Crippen molar-refractivity contribution in [2.45, 2.75) is 27.2 Å². The van der Waals surface area contributed by atoms with E-state index in [2.05, 4.69) is 55.3 Å². The molecular weight excluding hydrogens is 196 g/mol. The van der Waals surface area contributed by atoms with Crippen LogP contribution in [0.15, 0.2) is 24.3 Å². The second kappa shape index (κ2) is 7.29. The number of rotatable bonds is 7. The van der Waals surface area contributed by atoms with E-state index >= 15 is 0 Å². The molecule has 0 spiro atoms. The normalized spacial score (nSPS) is 10.8. The Labute approximate surface area is 99.7 Å². The number of benzene rings is 1. The van der Waals surface area contributed by atoms with E-state index in [1.54, 1.807) is 0 Å². The summed E-state index contributed by atoms with van der Waals surface area (Å²) < 4.78 is 0. The van der Waals surface area contributed by atoms with Gasteiger partial charge in [-0.2, -0.15) is 0 Å². The van der Waals surface area contributed by atoms with Gasteiger partial charge in [0.05, 0.1) is 0 Å². The van der Waals surface area contributed by atoms with Crippen molar-refractivity contribution >= 4 is 5.69 Å². The van der Waals surface area contributed by atoms with E-state index in [1.165, 1.54) is 11.3 Å². The average molecular weight is 220 g/mol. The van der Waals surface area contributed by atoms with Crippen LogP contribution in [0, 0.1) is 0 Å². The first kappa shape index (κ1) is 13.0. The lowest BCUT2D eigenvalue weighted by atomic mass is 10.1. The van der Waals surface area contributed by atoms with Gasteiger partial charge in [0.2, 0.25) is 0 Å². The van der Waals surface area contributed by atoms with Crippen molar-refractivity contribution in [2.24, 2.45) is 0 Å². The Balaban J connectivity index is 2.42. The third-order valence-electron chi connectivity index (χ3n) is 3.04. The van der Waals surface area contributed by atoms with E-state index in [0.29, 0.717) is 0 Å². The van der Waals surface area contributed by atoms with Gasteiger partial charge >= 0.3 is 0 Å². The fraction of sp³-hybridized carbons (Fsp3) is 0.571. The molecule has 1 rings (SSSR count).